The molecule has 1 aromatic carbocycles. The molecule has 2 aliphatic rings. The first-order chi connectivity index (χ1) is 14.6. The van der Waals surface area contributed by atoms with Crippen LogP contribution in [0.25, 0.3) is 0 Å². The minimum absolute atomic E-state index is 0.215. The number of aryl methyl sites for hydroxylation is 1. The number of anilines is 1. The van der Waals surface area contributed by atoms with Gasteiger partial charge < -0.3 is 19.3 Å². The molecule has 2 fully saturated rings. The van der Waals surface area contributed by atoms with Crippen LogP contribution in [0.5, 0.6) is 0 Å². The second-order valence-electron chi connectivity index (χ2n) is 8.88. The van der Waals surface area contributed by atoms with Crippen LogP contribution in [0.2, 0.25) is 0 Å². The van der Waals surface area contributed by atoms with Crippen molar-refractivity contribution in [2.45, 2.75) is 51.7 Å². The van der Waals surface area contributed by atoms with Crippen molar-refractivity contribution < 1.29 is 28.2 Å². The first-order valence-corrected chi connectivity index (χ1v) is 10.5. The Morgan fingerprint density at radius 1 is 1.19 bits per heavy atom. The second kappa shape index (κ2) is 9.11. The van der Waals surface area contributed by atoms with Crippen molar-refractivity contribution >= 4 is 23.8 Å². The van der Waals surface area contributed by atoms with E-state index in [0.29, 0.717) is 39.0 Å². The molecule has 0 spiro atoms. The molecule has 0 aliphatic carbocycles. The highest BCUT2D eigenvalue weighted by Crippen LogP contribution is 2.29. The van der Waals surface area contributed by atoms with Crippen LogP contribution >= 0.6 is 0 Å². The zero-order valence-corrected chi connectivity index (χ0v) is 18.5. The number of halogens is 1. The van der Waals surface area contributed by atoms with Gasteiger partial charge in [-0.3, -0.25) is 9.69 Å². The van der Waals surface area contributed by atoms with Crippen molar-refractivity contribution in [3.05, 3.63) is 29.6 Å². The predicted octanol–water partition coefficient (Wildman–Crippen LogP) is 3.18. The highest BCUT2D eigenvalue weighted by atomic mass is 19.1. The Balaban J connectivity index is 1.64. The summed E-state index contributed by atoms with van der Waals surface area (Å²) < 4.78 is 24.8. The van der Waals surface area contributed by atoms with E-state index in [1.807, 2.05) is 20.8 Å². The van der Waals surface area contributed by atoms with Crippen LogP contribution in [-0.4, -0.2) is 72.8 Å². The fourth-order valence-corrected chi connectivity index (χ4v) is 3.86. The number of carbonyl (C=O) groups is 3. The maximum Gasteiger partial charge on any atom is 0.410 e. The maximum absolute atomic E-state index is 14.8. The van der Waals surface area contributed by atoms with Gasteiger partial charge in [-0.2, -0.15) is 0 Å². The Kier molecular flexibility index (Phi) is 6.71. The summed E-state index contributed by atoms with van der Waals surface area (Å²) in [6.07, 6.45) is 0.972. The van der Waals surface area contributed by atoms with Crippen LogP contribution in [0.1, 0.15) is 39.2 Å². The average Bonchev–Trinajstić information content (AvgIpc) is 3.02. The lowest BCUT2D eigenvalue weighted by atomic mass is 10.1. The molecule has 0 saturated carbocycles. The van der Waals surface area contributed by atoms with E-state index in [-0.39, 0.29) is 30.2 Å². The average molecular weight is 435 g/mol. The van der Waals surface area contributed by atoms with Crippen LogP contribution in [0.4, 0.5) is 19.7 Å². The quantitative estimate of drug-likeness (QED) is 0.664. The number of piperazine rings is 1. The standard InChI is InChI=1S/C22H30FN3O5/c1-22(2,3)31-21(29)24-10-11-25-16(13-24)14-26(20(25)28)18-9-8-15(12-17(18)23)6-5-7-19(27)30-4/h8-9,12,16H,5-7,10-11,13-14H2,1-4H3/t16-/m0/s1. The first kappa shape index (κ1) is 22.8. The molecule has 2 aliphatic heterocycles. The number of nitrogens with zero attached hydrogens (tertiary/aromatic N) is 3. The molecule has 170 valence electrons. The Morgan fingerprint density at radius 3 is 2.58 bits per heavy atom. The van der Waals surface area contributed by atoms with Gasteiger partial charge >= 0.3 is 18.1 Å². The van der Waals surface area contributed by atoms with Gasteiger partial charge in [0.15, 0.2) is 0 Å². The molecule has 0 bridgehead atoms. The molecule has 3 amide bonds. The molecule has 0 aromatic heterocycles. The number of benzene rings is 1. The zero-order valence-electron chi connectivity index (χ0n) is 18.5. The third-order valence-corrected chi connectivity index (χ3v) is 5.38. The van der Waals surface area contributed by atoms with Gasteiger partial charge in [0.05, 0.1) is 25.4 Å². The largest absolute Gasteiger partial charge is 0.469 e. The van der Waals surface area contributed by atoms with Crippen molar-refractivity contribution in [1.29, 1.82) is 0 Å². The summed E-state index contributed by atoms with van der Waals surface area (Å²) >= 11 is 0. The lowest BCUT2D eigenvalue weighted by Crippen LogP contribution is -2.54. The van der Waals surface area contributed by atoms with Crippen molar-refractivity contribution in [3.8, 4) is 0 Å². The maximum atomic E-state index is 14.8. The molecule has 3 rings (SSSR count). The lowest BCUT2D eigenvalue weighted by Gasteiger charge is -2.36. The van der Waals surface area contributed by atoms with Crippen LogP contribution in [-0.2, 0) is 20.7 Å². The number of ether oxygens (including phenoxy) is 2. The molecule has 2 saturated heterocycles. The van der Waals surface area contributed by atoms with Crippen LogP contribution in [0, 0.1) is 5.82 Å². The van der Waals surface area contributed by atoms with Gasteiger partial charge in [-0.25, -0.2) is 14.0 Å². The number of hydrogen-bond acceptors (Lipinski definition) is 5. The van der Waals surface area contributed by atoms with Crippen LogP contribution in [0.3, 0.4) is 0 Å². The van der Waals surface area contributed by atoms with Gasteiger partial charge in [-0.15, -0.1) is 0 Å². The van der Waals surface area contributed by atoms with E-state index in [0.717, 1.165) is 5.56 Å². The van der Waals surface area contributed by atoms with Crippen LogP contribution < -0.4 is 4.90 Å². The molecule has 2 heterocycles. The number of fused-ring (bicyclic) bond motifs is 1. The van der Waals surface area contributed by atoms with Crippen molar-refractivity contribution in [1.82, 2.24) is 9.80 Å². The normalized spacial score (nSPS) is 18.8. The van der Waals surface area contributed by atoms with Gasteiger partial charge in [0, 0.05) is 26.1 Å². The van der Waals surface area contributed by atoms with E-state index in [9.17, 15) is 18.8 Å². The molecular weight excluding hydrogens is 405 g/mol. The van der Waals surface area contributed by atoms with Gasteiger partial charge in [-0.1, -0.05) is 6.07 Å². The summed E-state index contributed by atoms with van der Waals surface area (Å²) in [5, 5.41) is 0. The number of carbonyl (C=O) groups excluding carboxylic acids is 3. The molecule has 0 unspecified atom stereocenters. The fourth-order valence-electron chi connectivity index (χ4n) is 3.86. The molecule has 0 radical (unpaired) electrons. The number of methoxy groups -OCH3 is 1. The van der Waals surface area contributed by atoms with Crippen molar-refractivity contribution in [2.75, 3.05) is 38.2 Å². The number of rotatable bonds is 5. The summed E-state index contributed by atoms with van der Waals surface area (Å²) in [6.45, 7) is 6.85. The van der Waals surface area contributed by atoms with E-state index < -0.39 is 17.5 Å². The number of esters is 1. The zero-order chi connectivity index (χ0) is 22.8. The minimum atomic E-state index is -0.590. The summed E-state index contributed by atoms with van der Waals surface area (Å²) in [4.78, 5) is 41.2. The fraction of sp³-hybridized carbons (Fsp3) is 0.591. The van der Waals surface area contributed by atoms with Gasteiger partial charge in [0.2, 0.25) is 0 Å². The second-order valence-corrected chi connectivity index (χ2v) is 8.88. The van der Waals surface area contributed by atoms with Crippen molar-refractivity contribution in [2.24, 2.45) is 0 Å². The van der Waals surface area contributed by atoms with Crippen LogP contribution in [0.15, 0.2) is 18.2 Å². The van der Waals surface area contributed by atoms with E-state index in [2.05, 4.69) is 4.74 Å². The molecular formula is C22H30FN3O5. The molecule has 31 heavy (non-hydrogen) atoms. The Hall–Kier alpha value is -2.84. The smallest absolute Gasteiger partial charge is 0.410 e. The lowest BCUT2D eigenvalue weighted by molar-refractivity contribution is -0.140. The van der Waals surface area contributed by atoms with Gasteiger partial charge in [0.25, 0.3) is 0 Å². The highest BCUT2D eigenvalue weighted by molar-refractivity contribution is 5.95. The van der Waals surface area contributed by atoms with E-state index >= 15 is 0 Å². The Morgan fingerprint density at radius 2 is 1.94 bits per heavy atom. The summed E-state index contributed by atoms with van der Waals surface area (Å²) in [7, 11) is 1.34. The molecule has 1 aromatic rings. The highest BCUT2D eigenvalue weighted by Gasteiger charge is 2.43. The van der Waals surface area contributed by atoms with Crippen molar-refractivity contribution in [3.63, 3.8) is 0 Å². The van der Waals surface area contributed by atoms with E-state index in [4.69, 9.17) is 4.74 Å². The number of hydrogen-bond donors (Lipinski definition) is 0. The third kappa shape index (κ3) is 5.45. The molecule has 9 heteroatoms. The minimum Gasteiger partial charge on any atom is -0.469 e. The number of amides is 3. The molecule has 1 atom stereocenters. The summed E-state index contributed by atoms with van der Waals surface area (Å²) in [6, 6.07) is 4.31. The first-order valence-electron chi connectivity index (χ1n) is 10.5. The van der Waals surface area contributed by atoms with Gasteiger partial charge in [-0.05, 0) is 51.3 Å². The van der Waals surface area contributed by atoms with E-state index in [1.165, 1.54) is 18.1 Å². The summed E-state index contributed by atoms with van der Waals surface area (Å²) in [5.41, 5.74) is 0.388. The molecule has 0 N–H and O–H groups in total. The predicted molar refractivity (Wildman–Crippen MR) is 112 cm³/mol. The van der Waals surface area contributed by atoms with E-state index in [1.54, 1.807) is 21.9 Å². The monoisotopic (exact) mass is 435 g/mol. The van der Waals surface area contributed by atoms with Gasteiger partial charge in [0.1, 0.15) is 11.4 Å². The summed E-state index contributed by atoms with van der Waals surface area (Å²) in [5.74, 6) is -0.774. The number of urea groups is 1. The molecule has 8 nitrogen and oxygen atoms in total. The Labute approximate surface area is 181 Å². The Bertz CT molecular complexity index is 854. The topological polar surface area (TPSA) is 79.4 Å². The third-order valence-electron chi connectivity index (χ3n) is 5.38. The SMILES string of the molecule is COC(=O)CCCc1ccc(N2C[C@@H]3CN(C(=O)OC(C)(C)C)CCN3C2=O)c(F)c1.